The predicted molar refractivity (Wildman–Crippen MR) is 114 cm³/mol. The molecule has 2 atom stereocenters. The fraction of sp³-hybridized carbons (Fsp3) is 0.235. The van der Waals surface area contributed by atoms with E-state index in [2.05, 4.69) is 26.6 Å². The van der Waals surface area contributed by atoms with Crippen molar-refractivity contribution >= 4 is 69.4 Å². The van der Waals surface area contributed by atoms with Crippen LogP contribution in [0.3, 0.4) is 0 Å². The molecule has 0 aliphatic carbocycles. The molecule has 0 heterocycles. The summed E-state index contributed by atoms with van der Waals surface area (Å²) >= 11 is 15.1. The number of rotatable bonds is 6. The Bertz CT molecular complexity index is 877. The lowest BCUT2D eigenvalue weighted by atomic mass is 10.3. The van der Waals surface area contributed by atoms with Gasteiger partial charge in [-0.2, -0.15) is 0 Å². The molecule has 0 saturated carbocycles. The first-order valence-corrected chi connectivity index (χ1v) is 11.1. The second-order valence-electron chi connectivity index (χ2n) is 5.74. The molecule has 2 unspecified atom stereocenters. The highest BCUT2D eigenvalue weighted by Crippen LogP contribution is 2.45. The van der Waals surface area contributed by atoms with Crippen LogP contribution in [0.4, 0.5) is 16.2 Å². The zero-order chi connectivity index (χ0) is 20.2. The van der Waals surface area contributed by atoms with Crippen LogP contribution in [0.25, 0.3) is 0 Å². The van der Waals surface area contributed by atoms with Crippen molar-refractivity contribution in [2.24, 2.45) is 0 Å². The highest BCUT2D eigenvalue weighted by molar-refractivity contribution is 9.10. The van der Waals surface area contributed by atoms with Gasteiger partial charge in [-0.3, -0.25) is 4.57 Å². The maximum absolute atomic E-state index is 12.7. The topological polar surface area (TPSA) is 87.7 Å². The Balaban J connectivity index is 2.25. The van der Waals surface area contributed by atoms with E-state index in [1.807, 2.05) is 6.92 Å². The summed E-state index contributed by atoms with van der Waals surface area (Å²) in [5, 5.41) is 5.84. The Labute approximate surface area is 175 Å². The van der Waals surface area contributed by atoms with Gasteiger partial charge in [-0.25, -0.2) is 4.79 Å². The number of benzene rings is 2. The smallest absolute Gasteiger partial charge is 0.321 e. The normalized spacial score (nSPS) is 14.3. The van der Waals surface area contributed by atoms with Crippen molar-refractivity contribution in [2.45, 2.75) is 26.4 Å². The first kappa shape index (κ1) is 22.2. The van der Waals surface area contributed by atoms with Crippen LogP contribution in [0.1, 0.15) is 20.3 Å². The molecule has 0 radical (unpaired) electrons. The number of carbonyl (C=O) groups excluding carboxylic acids is 1. The molecule has 0 saturated heterocycles. The Morgan fingerprint density at radius 3 is 2.44 bits per heavy atom. The molecule has 0 aliphatic rings. The molecule has 3 N–H and O–H groups in total. The minimum absolute atomic E-state index is 0.0172. The standard InChI is InChI=1S/C17H18BrCl2N2O4P/c1-3-10(2)26-27(24,25)16-6-11(18)4-5-15(16)22-17(23)21-14-8-12(19)7-13(20)9-14/h4-10H,3H2,1-2H3,(H,24,25)(H2,21,22,23). The molecule has 0 bridgehead atoms. The van der Waals surface area contributed by atoms with Gasteiger partial charge >= 0.3 is 13.6 Å². The van der Waals surface area contributed by atoms with E-state index in [9.17, 15) is 14.3 Å². The lowest BCUT2D eigenvalue weighted by Crippen LogP contribution is -2.24. The lowest BCUT2D eigenvalue weighted by Gasteiger charge is -2.20. The molecule has 0 spiro atoms. The fourth-order valence-corrected chi connectivity index (χ4v) is 4.68. The van der Waals surface area contributed by atoms with E-state index >= 15 is 0 Å². The maximum atomic E-state index is 12.7. The van der Waals surface area contributed by atoms with Crippen LogP contribution in [0.15, 0.2) is 40.9 Å². The van der Waals surface area contributed by atoms with E-state index in [4.69, 9.17) is 27.7 Å². The number of hydrogen-bond donors (Lipinski definition) is 3. The molecular weight excluding hydrogens is 478 g/mol. The molecule has 27 heavy (non-hydrogen) atoms. The third kappa shape index (κ3) is 6.49. The minimum Gasteiger partial charge on any atom is -0.321 e. The van der Waals surface area contributed by atoms with Gasteiger partial charge in [-0.15, -0.1) is 0 Å². The van der Waals surface area contributed by atoms with E-state index < -0.39 is 19.7 Å². The van der Waals surface area contributed by atoms with Crippen molar-refractivity contribution in [3.8, 4) is 0 Å². The van der Waals surface area contributed by atoms with Crippen molar-refractivity contribution in [3.05, 3.63) is 50.9 Å². The highest BCUT2D eigenvalue weighted by Gasteiger charge is 2.29. The average Bonchev–Trinajstić information content (AvgIpc) is 2.54. The molecule has 2 aromatic rings. The van der Waals surface area contributed by atoms with E-state index in [-0.39, 0.29) is 11.0 Å². The molecule has 6 nitrogen and oxygen atoms in total. The van der Waals surface area contributed by atoms with Gasteiger partial charge in [0.15, 0.2) is 0 Å². The maximum Gasteiger partial charge on any atom is 0.361 e. The van der Waals surface area contributed by atoms with Crippen molar-refractivity contribution < 1.29 is 18.8 Å². The third-order valence-corrected chi connectivity index (χ3v) is 6.08. The fourth-order valence-electron chi connectivity index (χ4n) is 2.13. The van der Waals surface area contributed by atoms with E-state index in [1.54, 1.807) is 13.0 Å². The minimum atomic E-state index is -4.15. The number of anilines is 2. The van der Waals surface area contributed by atoms with Crippen LogP contribution in [-0.2, 0) is 9.09 Å². The Hall–Kier alpha value is -1.08. The van der Waals surface area contributed by atoms with Gasteiger partial charge in [-0.1, -0.05) is 46.1 Å². The molecule has 2 rings (SSSR count). The summed E-state index contributed by atoms with van der Waals surface area (Å²) < 4.78 is 18.6. The van der Waals surface area contributed by atoms with E-state index in [0.717, 1.165) is 0 Å². The summed E-state index contributed by atoms with van der Waals surface area (Å²) in [5.74, 6) is 0. The lowest BCUT2D eigenvalue weighted by molar-refractivity contribution is 0.192. The summed E-state index contributed by atoms with van der Waals surface area (Å²) in [4.78, 5) is 22.7. The quantitative estimate of drug-likeness (QED) is 0.427. The number of nitrogens with one attached hydrogen (secondary N) is 2. The molecule has 0 fully saturated rings. The zero-order valence-electron chi connectivity index (χ0n) is 14.5. The van der Waals surface area contributed by atoms with Gasteiger partial charge in [0, 0.05) is 20.2 Å². The van der Waals surface area contributed by atoms with Crippen molar-refractivity contribution in [2.75, 3.05) is 10.6 Å². The average molecular weight is 496 g/mol. The van der Waals surface area contributed by atoms with Gasteiger partial charge in [0.2, 0.25) is 0 Å². The van der Waals surface area contributed by atoms with Crippen molar-refractivity contribution in [1.82, 2.24) is 0 Å². The monoisotopic (exact) mass is 494 g/mol. The van der Waals surface area contributed by atoms with Gasteiger partial charge in [0.1, 0.15) is 0 Å². The summed E-state index contributed by atoms with van der Waals surface area (Å²) in [6, 6.07) is 8.55. The SMILES string of the molecule is CCC(C)OP(=O)(O)c1cc(Br)ccc1NC(=O)Nc1cc(Cl)cc(Cl)c1. The van der Waals surface area contributed by atoms with Crippen LogP contribution in [0.2, 0.25) is 10.0 Å². The molecule has 0 aliphatic heterocycles. The molecule has 146 valence electrons. The van der Waals surface area contributed by atoms with Gasteiger partial charge < -0.3 is 20.1 Å². The molecule has 10 heteroatoms. The number of amides is 2. The third-order valence-electron chi connectivity index (χ3n) is 3.53. The predicted octanol–water partition coefficient (Wildman–Crippen LogP) is 6.03. The van der Waals surface area contributed by atoms with Gasteiger partial charge in [0.25, 0.3) is 0 Å². The second-order valence-corrected chi connectivity index (χ2v) is 9.27. The first-order valence-electron chi connectivity index (χ1n) is 7.96. The molecule has 0 aromatic heterocycles. The summed E-state index contributed by atoms with van der Waals surface area (Å²) in [5.41, 5.74) is 0.532. The van der Waals surface area contributed by atoms with E-state index in [1.165, 1.54) is 30.3 Å². The second kappa shape index (κ2) is 9.41. The highest BCUT2D eigenvalue weighted by atomic mass is 79.9. The van der Waals surface area contributed by atoms with Crippen LogP contribution in [-0.4, -0.2) is 17.0 Å². The number of halogens is 3. The summed E-state index contributed by atoms with van der Waals surface area (Å²) in [6.45, 7) is 3.54. The van der Waals surface area contributed by atoms with E-state index in [0.29, 0.717) is 26.6 Å². The van der Waals surface area contributed by atoms with Crippen LogP contribution < -0.4 is 15.9 Å². The summed E-state index contributed by atoms with van der Waals surface area (Å²) in [6.07, 6.45) is 0.146. The Morgan fingerprint density at radius 1 is 1.22 bits per heavy atom. The Morgan fingerprint density at radius 2 is 1.85 bits per heavy atom. The number of hydrogen-bond acceptors (Lipinski definition) is 3. The molecule has 2 amide bonds. The largest absolute Gasteiger partial charge is 0.361 e. The Kier molecular flexibility index (Phi) is 7.74. The van der Waals surface area contributed by atoms with Crippen molar-refractivity contribution in [3.63, 3.8) is 0 Å². The van der Waals surface area contributed by atoms with Gasteiger partial charge in [0.05, 0.1) is 17.1 Å². The van der Waals surface area contributed by atoms with Crippen LogP contribution >= 0.6 is 46.7 Å². The van der Waals surface area contributed by atoms with Gasteiger partial charge in [-0.05, 0) is 49.7 Å². The summed E-state index contributed by atoms with van der Waals surface area (Å²) in [7, 11) is -4.15. The van der Waals surface area contributed by atoms with Crippen LogP contribution in [0, 0.1) is 0 Å². The molecular formula is C17H18BrCl2N2O4P. The van der Waals surface area contributed by atoms with Crippen LogP contribution in [0.5, 0.6) is 0 Å². The zero-order valence-corrected chi connectivity index (χ0v) is 18.5. The molecule has 2 aromatic carbocycles. The van der Waals surface area contributed by atoms with Crippen molar-refractivity contribution in [1.29, 1.82) is 0 Å². The first-order chi connectivity index (χ1) is 12.6. The number of carbonyl (C=O) groups is 1. The number of urea groups is 1.